The zero-order chi connectivity index (χ0) is 21.8. The summed E-state index contributed by atoms with van der Waals surface area (Å²) in [7, 11) is 0. The summed E-state index contributed by atoms with van der Waals surface area (Å²) in [4.78, 5) is 10.7. The molecule has 2 heterocycles. The molecule has 1 unspecified atom stereocenters. The molecule has 3 aromatic rings. The van der Waals surface area contributed by atoms with Gasteiger partial charge in [0, 0.05) is 5.56 Å². The van der Waals surface area contributed by atoms with Crippen molar-refractivity contribution in [1.29, 1.82) is 0 Å². The third-order valence-corrected chi connectivity index (χ3v) is 5.93. The maximum atomic E-state index is 10.7. The van der Waals surface area contributed by atoms with Gasteiger partial charge in [0.15, 0.2) is 11.3 Å². The van der Waals surface area contributed by atoms with Crippen LogP contribution in [0.1, 0.15) is 17.5 Å². The van der Waals surface area contributed by atoms with E-state index in [4.69, 9.17) is 37.5 Å². The van der Waals surface area contributed by atoms with Gasteiger partial charge in [-0.2, -0.15) is 5.10 Å². The van der Waals surface area contributed by atoms with Crippen LogP contribution in [0, 0.1) is 0 Å². The van der Waals surface area contributed by atoms with Crippen LogP contribution in [0.3, 0.4) is 0 Å². The Morgan fingerprint density at radius 2 is 2.03 bits per heavy atom. The van der Waals surface area contributed by atoms with Crippen molar-refractivity contribution < 1.29 is 19.1 Å². The Balaban J connectivity index is 1.39. The molecule has 0 radical (unpaired) electrons. The SMILES string of the molecule is O=C(O)CSC1=NNC(c2ccc(-c3cccc(OCc4ccc(Cl)c(Cl)c4)c3)o2)N1. The number of thioether (sulfide) groups is 1. The van der Waals surface area contributed by atoms with Gasteiger partial charge in [0.2, 0.25) is 0 Å². The Labute approximate surface area is 192 Å². The number of amidine groups is 1. The van der Waals surface area contributed by atoms with Gasteiger partial charge in [-0.25, -0.2) is 0 Å². The Morgan fingerprint density at radius 3 is 2.84 bits per heavy atom. The van der Waals surface area contributed by atoms with E-state index in [1.807, 2.05) is 42.5 Å². The number of furan rings is 1. The Morgan fingerprint density at radius 1 is 1.16 bits per heavy atom. The Hall–Kier alpha value is -2.81. The smallest absolute Gasteiger partial charge is 0.313 e. The Bertz CT molecular complexity index is 1140. The molecule has 0 amide bonds. The summed E-state index contributed by atoms with van der Waals surface area (Å²) in [5, 5.41) is 17.4. The van der Waals surface area contributed by atoms with E-state index in [0.29, 0.717) is 39.1 Å². The summed E-state index contributed by atoms with van der Waals surface area (Å²) in [5.41, 5.74) is 4.66. The van der Waals surface area contributed by atoms with Crippen molar-refractivity contribution in [2.45, 2.75) is 12.8 Å². The first-order valence-corrected chi connectivity index (χ1v) is 10.9. The molecule has 10 heteroatoms. The molecule has 1 aromatic heterocycles. The van der Waals surface area contributed by atoms with E-state index in [1.165, 1.54) is 0 Å². The largest absolute Gasteiger partial charge is 0.489 e. The number of nitrogens with one attached hydrogen (secondary N) is 2. The monoisotopic (exact) mass is 477 g/mol. The molecule has 1 aliphatic heterocycles. The van der Waals surface area contributed by atoms with Crippen LogP contribution in [-0.4, -0.2) is 22.0 Å². The first-order chi connectivity index (χ1) is 15.0. The van der Waals surface area contributed by atoms with E-state index >= 15 is 0 Å². The van der Waals surface area contributed by atoms with Crippen molar-refractivity contribution in [3.63, 3.8) is 0 Å². The van der Waals surface area contributed by atoms with Crippen LogP contribution in [-0.2, 0) is 11.4 Å². The molecule has 0 saturated carbocycles. The summed E-state index contributed by atoms with van der Waals surface area (Å²) in [5.74, 6) is 1.02. The lowest BCUT2D eigenvalue weighted by Crippen LogP contribution is -2.25. The van der Waals surface area contributed by atoms with Crippen LogP contribution in [0.15, 0.2) is 64.1 Å². The van der Waals surface area contributed by atoms with Crippen molar-refractivity contribution in [1.82, 2.24) is 10.7 Å². The van der Waals surface area contributed by atoms with Crippen LogP contribution < -0.4 is 15.5 Å². The summed E-state index contributed by atoms with van der Waals surface area (Å²) in [6.45, 7) is 0.355. The third kappa shape index (κ3) is 5.46. The second-order valence-electron chi connectivity index (χ2n) is 6.57. The average molecular weight is 478 g/mol. The van der Waals surface area contributed by atoms with Gasteiger partial charge in [0.1, 0.15) is 23.9 Å². The number of carbonyl (C=O) groups is 1. The molecule has 1 aliphatic rings. The minimum atomic E-state index is -0.903. The highest BCUT2D eigenvalue weighted by molar-refractivity contribution is 8.14. The van der Waals surface area contributed by atoms with E-state index in [9.17, 15) is 4.79 Å². The molecule has 0 bridgehead atoms. The molecule has 0 saturated heterocycles. The number of carboxylic acids is 1. The molecule has 31 heavy (non-hydrogen) atoms. The lowest BCUT2D eigenvalue weighted by Gasteiger charge is -2.09. The molecule has 3 N–H and O–H groups in total. The van der Waals surface area contributed by atoms with Gasteiger partial charge in [-0.05, 0) is 42.0 Å². The van der Waals surface area contributed by atoms with Gasteiger partial charge in [-0.1, -0.05) is 53.2 Å². The summed E-state index contributed by atoms with van der Waals surface area (Å²) in [6.07, 6.45) is -0.362. The fraction of sp³-hybridized carbons (Fsp3) is 0.143. The number of nitrogens with zero attached hydrogens (tertiary/aromatic N) is 1. The van der Waals surface area contributed by atoms with E-state index in [1.54, 1.807) is 12.1 Å². The van der Waals surface area contributed by atoms with Gasteiger partial charge in [-0.15, -0.1) is 0 Å². The van der Waals surface area contributed by atoms with Crippen molar-refractivity contribution in [2.75, 3.05) is 5.75 Å². The fourth-order valence-corrected chi connectivity index (χ4v) is 3.75. The minimum absolute atomic E-state index is 0.0708. The standard InChI is InChI=1S/C21H17Cl2N3O4S/c22-15-5-4-12(8-16(15)23)10-29-14-3-1-2-13(9-14)17-6-7-18(30-17)20-24-21(26-25-20)31-11-19(27)28/h1-9,20,25H,10-11H2,(H,24,26)(H,27,28). The number of benzene rings is 2. The maximum Gasteiger partial charge on any atom is 0.313 e. The number of rotatable bonds is 7. The zero-order valence-corrected chi connectivity index (χ0v) is 18.3. The van der Waals surface area contributed by atoms with Crippen molar-refractivity contribution in [3.05, 3.63) is 76.0 Å². The van der Waals surface area contributed by atoms with E-state index < -0.39 is 5.97 Å². The molecule has 0 fully saturated rings. The molecule has 1 atom stereocenters. The van der Waals surface area contributed by atoms with Crippen LogP contribution in [0.25, 0.3) is 11.3 Å². The average Bonchev–Trinajstić information content (AvgIpc) is 3.43. The number of ether oxygens (including phenoxy) is 1. The number of halogens is 2. The lowest BCUT2D eigenvalue weighted by atomic mass is 10.1. The second-order valence-corrected chi connectivity index (χ2v) is 8.35. The van der Waals surface area contributed by atoms with Gasteiger partial charge < -0.3 is 19.6 Å². The van der Waals surface area contributed by atoms with E-state index in [0.717, 1.165) is 22.9 Å². The summed E-state index contributed by atoms with van der Waals surface area (Å²) >= 11 is 13.1. The highest BCUT2D eigenvalue weighted by Gasteiger charge is 2.23. The first kappa shape index (κ1) is 21.4. The highest BCUT2D eigenvalue weighted by Crippen LogP contribution is 2.29. The van der Waals surface area contributed by atoms with Gasteiger partial charge >= 0.3 is 5.97 Å². The molecular weight excluding hydrogens is 461 g/mol. The third-order valence-electron chi connectivity index (χ3n) is 4.31. The van der Waals surface area contributed by atoms with Crippen LogP contribution in [0.5, 0.6) is 5.75 Å². The van der Waals surface area contributed by atoms with Crippen molar-refractivity contribution in [2.24, 2.45) is 5.10 Å². The van der Waals surface area contributed by atoms with Crippen molar-refractivity contribution >= 4 is 46.1 Å². The topological polar surface area (TPSA) is 96.1 Å². The summed E-state index contributed by atoms with van der Waals surface area (Å²) in [6, 6.07) is 16.6. The van der Waals surface area contributed by atoms with Crippen LogP contribution >= 0.6 is 35.0 Å². The number of hydrogen-bond acceptors (Lipinski definition) is 7. The normalized spacial score (nSPS) is 15.2. The number of carboxylic acid groups (broad SMARTS) is 1. The first-order valence-electron chi connectivity index (χ1n) is 9.19. The second kappa shape index (κ2) is 9.55. The number of aliphatic carboxylic acids is 1. The predicted molar refractivity (Wildman–Crippen MR) is 121 cm³/mol. The van der Waals surface area contributed by atoms with E-state index in [-0.39, 0.29) is 11.9 Å². The molecule has 2 aromatic carbocycles. The molecule has 0 spiro atoms. The lowest BCUT2D eigenvalue weighted by molar-refractivity contribution is -0.133. The fourth-order valence-electron chi connectivity index (χ4n) is 2.85. The van der Waals surface area contributed by atoms with Gasteiger partial charge in [-0.3, -0.25) is 10.2 Å². The molecule has 7 nitrogen and oxygen atoms in total. The molecular formula is C21H17Cl2N3O4S. The minimum Gasteiger partial charge on any atom is -0.489 e. The van der Waals surface area contributed by atoms with Crippen LogP contribution in [0.2, 0.25) is 10.0 Å². The quantitative estimate of drug-likeness (QED) is 0.434. The number of hydrazone groups is 1. The zero-order valence-electron chi connectivity index (χ0n) is 16.0. The maximum absolute atomic E-state index is 10.7. The number of hydrogen-bond donors (Lipinski definition) is 3. The molecule has 0 aliphatic carbocycles. The Kier molecular flexibility index (Phi) is 6.60. The predicted octanol–water partition coefficient (Wildman–Crippen LogP) is 5.11. The van der Waals surface area contributed by atoms with Gasteiger partial charge in [0.05, 0.1) is 15.8 Å². The summed E-state index contributed by atoms with van der Waals surface area (Å²) < 4.78 is 11.8. The molecule has 160 valence electrons. The molecule has 4 rings (SSSR count). The van der Waals surface area contributed by atoms with E-state index in [2.05, 4.69) is 15.8 Å². The van der Waals surface area contributed by atoms with Crippen LogP contribution in [0.4, 0.5) is 0 Å². The van der Waals surface area contributed by atoms with Crippen molar-refractivity contribution in [3.8, 4) is 17.1 Å². The van der Waals surface area contributed by atoms with Gasteiger partial charge in [0.25, 0.3) is 0 Å². The highest BCUT2D eigenvalue weighted by atomic mass is 35.5.